The average Bonchev–Trinajstić information content (AvgIpc) is 2.28. The van der Waals surface area contributed by atoms with Gasteiger partial charge >= 0.3 is 0 Å². The lowest BCUT2D eigenvalue weighted by molar-refractivity contribution is -0.128. The first-order chi connectivity index (χ1) is 8.00. The molecule has 17 heavy (non-hydrogen) atoms. The van der Waals surface area contributed by atoms with Crippen molar-refractivity contribution in [2.45, 2.75) is 19.8 Å². The van der Waals surface area contributed by atoms with Gasteiger partial charge in [0.05, 0.1) is 6.61 Å². The van der Waals surface area contributed by atoms with E-state index in [9.17, 15) is 4.79 Å². The van der Waals surface area contributed by atoms with Crippen molar-refractivity contribution in [2.24, 2.45) is 0 Å². The van der Waals surface area contributed by atoms with Gasteiger partial charge in [-0.2, -0.15) is 0 Å². The second-order valence-corrected chi connectivity index (χ2v) is 5.01. The second-order valence-electron chi connectivity index (χ2n) is 4.15. The SMILES string of the molecule is Cc1cc(OCCCC(=O)N(C)C)ccc1Br. The Bertz CT molecular complexity index is 391. The third-order valence-corrected chi connectivity index (χ3v) is 3.32. The smallest absolute Gasteiger partial charge is 0.222 e. The summed E-state index contributed by atoms with van der Waals surface area (Å²) >= 11 is 3.44. The fraction of sp³-hybridized carbons (Fsp3) is 0.462. The van der Waals surface area contributed by atoms with Crippen LogP contribution in [-0.2, 0) is 4.79 Å². The molecule has 0 aliphatic carbocycles. The molecule has 3 nitrogen and oxygen atoms in total. The van der Waals surface area contributed by atoms with Gasteiger partial charge in [0.25, 0.3) is 0 Å². The van der Waals surface area contributed by atoms with E-state index in [0.29, 0.717) is 13.0 Å². The van der Waals surface area contributed by atoms with Crippen LogP contribution in [0.3, 0.4) is 0 Å². The number of hydrogen-bond acceptors (Lipinski definition) is 2. The lowest BCUT2D eigenvalue weighted by atomic mass is 10.2. The molecule has 0 aliphatic rings. The van der Waals surface area contributed by atoms with E-state index in [-0.39, 0.29) is 5.91 Å². The van der Waals surface area contributed by atoms with Crippen molar-refractivity contribution in [1.29, 1.82) is 0 Å². The number of amides is 1. The lowest BCUT2D eigenvalue weighted by Gasteiger charge is -2.11. The number of carbonyl (C=O) groups is 1. The quantitative estimate of drug-likeness (QED) is 0.782. The van der Waals surface area contributed by atoms with E-state index >= 15 is 0 Å². The third kappa shape index (κ3) is 4.77. The largest absolute Gasteiger partial charge is 0.494 e. The summed E-state index contributed by atoms with van der Waals surface area (Å²) in [6, 6.07) is 5.87. The average molecular weight is 300 g/mol. The predicted molar refractivity (Wildman–Crippen MR) is 72.3 cm³/mol. The molecule has 0 unspecified atom stereocenters. The third-order valence-electron chi connectivity index (χ3n) is 2.43. The monoisotopic (exact) mass is 299 g/mol. The van der Waals surface area contributed by atoms with Crippen LogP contribution in [0.25, 0.3) is 0 Å². The zero-order valence-corrected chi connectivity index (χ0v) is 12.1. The molecular formula is C13H18BrNO2. The van der Waals surface area contributed by atoms with Crippen LogP contribution in [0.2, 0.25) is 0 Å². The van der Waals surface area contributed by atoms with Gasteiger partial charge in [-0.3, -0.25) is 4.79 Å². The molecule has 1 amide bonds. The summed E-state index contributed by atoms with van der Waals surface area (Å²) in [6.45, 7) is 2.59. The molecule has 0 heterocycles. The number of benzene rings is 1. The molecule has 94 valence electrons. The van der Waals surface area contributed by atoms with Gasteiger partial charge in [-0.05, 0) is 37.1 Å². The van der Waals surface area contributed by atoms with Crippen molar-refractivity contribution >= 4 is 21.8 Å². The highest BCUT2D eigenvalue weighted by Gasteiger charge is 2.03. The lowest BCUT2D eigenvalue weighted by Crippen LogP contribution is -2.21. The van der Waals surface area contributed by atoms with Crippen LogP contribution in [0.5, 0.6) is 5.75 Å². The van der Waals surface area contributed by atoms with E-state index in [2.05, 4.69) is 15.9 Å². The van der Waals surface area contributed by atoms with E-state index in [1.165, 1.54) is 0 Å². The summed E-state index contributed by atoms with van der Waals surface area (Å²) in [5.74, 6) is 0.989. The topological polar surface area (TPSA) is 29.5 Å². The van der Waals surface area contributed by atoms with Crippen molar-refractivity contribution < 1.29 is 9.53 Å². The molecule has 0 radical (unpaired) electrons. The van der Waals surface area contributed by atoms with Crippen molar-refractivity contribution in [3.8, 4) is 5.75 Å². The minimum absolute atomic E-state index is 0.139. The Balaban J connectivity index is 2.31. The summed E-state index contributed by atoms with van der Waals surface area (Å²) in [6.07, 6.45) is 1.27. The summed E-state index contributed by atoms with van der Waals surface area (Å²) in [4.78, 5) is 12.9. The van der Waals surface area contributed by atoms with E-state index in [1.54, 1.807) is 19.0 Å². The van der Waals surface area contributed by atoms with Gasteiger partial charge in [-0.1, -0.05) is 15.9 Å². The standard InChI is InChI=1S/C13H18BrNO2/c1-10-9-11(6-7-12(10)14)17-8-4-5-13(16)15(2)3/h6-7,9H,4-5,8H2,1-3H3. The number of halogens is 1. The van der Waals surface area contributed by atoms with Crippen molar-refractivity contribution in [2.75, 3.05) is 20.7 Å². The Hall–Kier alpha value is -1.03. The highest BCUT2D eigenvalue weighted by molar-refractivity contribution is 9.10. The summed E-state index contributed by atoms with van der Waals surface area (Å²) < 4.78 is 6.66. The Morgan fingerprint density at radius 2 is 2.12 bits per heavy atom. The van der Waals surface area contributed by atoms with Crippen molar-refractivity contribution in [3.05, 3.63) is 28.2 Å². The molecule has 1 aromatic carbocycles. The second kappa shape index (κ2) is 6.64. The van der Waals surface area contributed by atoms with Crippen LogP contribution in [-0.4, -0.2) is 31.5 Å². The minimum Gasteiger partial charge on any atom is -0.494 e. The zero-order valence-electron chi connectivity index (χ0n) is 10.5. The molecule has 0 saturated carbocycles. The molecule has 0 bridgehead atoms. The number of ether oxygens (including phenoxy) is 1. The summed E-state index contributed by atoms with van der Waals surface area (Å²) in [7, 11) is 3.53. The maximum Gasteiger partial charge on any atom is 0.222 e. The maximum absolute atomic E-state index is 11.3. The molecule has 0 N–H and O–H groups in total. The number of nitrogens with zero attached hydrogens (tertiary/aromatic N) is 1. The molecule has 1 rings (SSSR count). The van der Waals surface area contributed by atoms with Crippen molar-refractivity contribution in [3.63, 3.8) is 0 Å². The van der Waals surface area contributed by atoms with E-state index in [0.717, 1.165) is 22.2 Å². The highest BCUT2D eigenvalue weighted by Crippen LogP contribution is 2.21. The van der Waals surface area contributed by atoms with Crippen LogP contribution in [0.15, 0.2) is 22.7 Å². The maximum atomic E-state index is 11.3. The fourth-order valence-corrected chi connectivity index (χ4v) is 1.59. The van der Waals surface area contributed by atoms with Gasteiger partial charge in [-0.15, -0.1) is 0 Å². The Morgan fingerprint density at radius 1 is 1.41 bits per heavy atom. The number of hydrogen-bond donors (Lipinski definition) is 0. The molecule has 0 aliphatic heterocycles. The number of carbonyl (C=O) groups excluding carboxylic acids is 1. The first-order valence-electron chi connectivity index (χ1n) is 5.60. The first kappa shape index (κ1) is 14.0. The minimum atomic E-state index is 0.139. The Morgan fingerprint density at radius 3 is 2.71 bits per heavy atom. The molecule has 0 atom stereocenters. The Labute approximate surface area is 111 Å². The number of rotatable bonds is 5. The first-order valence-corrected chi connectivity index (χ1v) is 6.39. The predicted octanol–water partition coefficient (Wildman–Crippen LogP) is 3.00. The Kier molecular flexibility index (Phi) is 5.48. The molecule has 0 aromatic heterocycles. The fourth-order valence-electron chi connectivity index (χ4n) is 1.34. The molecule has 0 spiro atoms. The van der Waals surface area contributed by atoms with Crippen LogP contribution in [0.1, 0.15) is 18.4 Å². The molecule has 0 fully saturated rings. The van der Waals surface area contributed by atoms with E-state index < -0.39 is 0 Å². The van der Waals surface area contributed by atoms with Crippen LogP contribution < -0.4 is 4.74 Å². The van der Waals surface area contributed by atoms with Gasteiger partial charge < -0.3 is 9.64 Å². The molecule has 4 heteroatoms. The van der Waals surface area contributed by atoms with Crippen LogP contribution in [0, 0.1) is 6.92 Å². The van der Waals surface area contributed by atoms with Crippen LogP contribution in [0.4, 0.5) is 0 Å². The normalized spacial score (nSPS) is 10.1. The van der Waals surface area contributed by atoms with E-state index in [4.69, 9.17) is 4.74 Å². The van der Waals surface area contributed by atoms with E-state index in [1.807, 2.05) is 25.1 Å². The van der Waals surface area contributed by atoms with Crippen molar-refractivity contribution in [1.82, 2.24) is 4.90 Å². The van der Waals surface area contributed by atoms with Gasteiger partial charge in [0.15, 0.2) is 0 Å². The highest BCUT2D eigenvalue weighted by atomic mass is 79.9. The molecule has 1 aromatic rings. The zero-order chi connectivity index (χ0) is 12.8. The van der Waals surface area contributed by atoms with Gasteiger partial charge in [0.1, 0.15) is 5.75 Å². The van der Waals surface area contributed by atoms with Crippen LogP contribution >= 0.6 is 15.9 Å². The van der Waals surface area contributed by atoms with Gasteiger partial charge in [-0.25, -0.2) is 0 Å². The molecule has 0 saturated heterocycles. The number of aryl methyl sites for hydroxylation is 1. The molecular weight excluding hydrogens is 282 g/mol. The summed E-state index contributed by atoms with van der Waals surface area (Å²) in [5, 5.41) is 0. The van der Waals surface area contributed by atoms with Gasteiger partial charge in [0, 0.05) is 25.0 Å². The summed E-state index contributed by atoms with van der Waals surface area (Å²) in [5.41, 5.74) is 1.15. The van der Waals surface area contributed by atoms with Gasteiger partial charge in [0.2, 0.25) is 5.91 Å².